The second-order valence-electron chi connectivity index (χ2n) is 12.1. The Labute approximate surface area is 175 Å². The van der Waals surface area contributed by atoms with Gasteiger partial charge in [0.2, 0.25) is 11.8 Å². The maximum Gasteiger partial charge on any atom is 0.234 e. The Bertz CT molecular complexity index is 656. The van der Waals surface area contributed by atoms with Gasteiger partial charge in [0, 0.05) is 24.2 Å². The number of amides is 2. The molecule has 6 fully saturated rings. The Balaban J connectivity index is 1.13. The van der Waals surface area contributed by atoms with E-state index in [0.717, 1.165) is 44.1 Å². The number of rotatable bonds is 5. The van der Waals surface area contributed by atoms with Crippen LogP contribution in [0.4, 0.5) is 0 Å². The number of nitrogens with zero attached hydrogens (tertiary/aromatic N) is 1. The van der Waals surface area contributed by atoms with Gasteiger partial charge in [-0.05, 0) is 102 Å². The SMILES string of the molecule is CC(C)(C)NC(=O)CN1C2CC[C@@H]1C[C@H](CNC(=O)C13CC4CC(CC1C4)C3)C2. The lowest BCUT2D eigenvalue weighted by molar-refractivity contribution is -0.133. The van der Waals surface area contributed by atoms with Gasteiger partial charge in [0.25, 0.3) is 0 Å². The fourth-order valence-corrected chi connectivity index (χ4v) is 8.02. The zero-order chi connectivity index (χ0) is 20.4. The number of hydrogen-bond acceptors (Lipinski definition) is 3. The van der Waals surface area contributed by atoms with Crippen molar-refractivity contribution in [1.29, 1.82) is 0 Å². The van der Waals surface area contributed by atoms with E-state index in [4.69, 9.17) is 0 Å². The molecule has 2 N–H and O–H groups in total. The van der Waals surface area contributed by atoms with E-state index in [-0.39, 0.29) is 16.9 Å². The molecular formula is C24H39N3O2. The third kappa shape index (κ3) is 3.62. The summed E-state index contributed by atoms with van der Waals surface area (Å²) in [6.45, 7) is 7.49. The first-order chi connectivity index (χ1) is 13.7. The first kappa shape index (κ1) is 19.8. The Morgan fingerprint density at radius 1 is 0.966 bits per heavy atom. The van der Waals surface area contributed by atoms with Crippen molar-refractivity contribution in [2.45, 2.75) is 96.2 Å². The van der Waals surface area contributed by atoms with Gasteiger partial charge in [-0.1, -0.05) is 0 Å². The number of fused-ring (bicyclic) bond motifs is 2. The van der Waals surface area contributed by atoms with Crippen molar-refractivity contribution in [3.8, 4) is 0 Å². The minimum absolute atomic E-state index is 0.00167. The Morgan fingerprint density at radius 3 is 2.17 bits per heavy atom. The number of piperidine rings is 1. The van der Waals surface area contributed by atoms with Crippen molar-refractivity contribution in [3.05, 3.63) is 0 Å². The van der Waals surface area contributed by atoms with Crippen LogP contribution in [0.15, 0.2) is 0 Å². The maximum atomic E-state index is 13.2. The molecule has 4 saturated carbocycles. The average molecular weight is 402 g/mol. The summed E-state index contributed by atoms with van der Waals surface area (Å²) >= 11 is 0. The lowest BCUT2D eigenvalue weighted by Crippen LogP contribution is -2.52. The molecule has 5 heteroatoms. The minimum Gasteiger partial charge on any atom is -0.355 e. The Morgan fingerprint density at radius 2 is 1.59 bits per heavy atom. The van der Waals surface area contributed by atoms with Crippen molar-refractivity contribution >= 4 is 11.8 Å². The highest BCUT2D eigenvalue weighted by atomic mass is 16.2. The van der Waals surface area contributed by atoms with Crippen LogP contribution < -0.4 is 10.6 Å². The summed E-state index contributed by atoms with van der Waals surface area (Å²) in [5, 5.41) is 6.52. The van der Waals surface area contributed by atoms with Crippen LogP contribution in [-0.4, -0.2) is 47.4 Å². The topological polar surface area (TPSA) is 61.4 Å². The van der Waals surface area contributed by atoms with Gasteiger partial charge in [0.15, 0.2) is 0 Å². The first-order valence-electron chi connectivity index (χ1n) is 12.1. The van der Waals surface area contributed by atoms with Crippen LogP contribution in [0, 0.1) is 29.1 Å². The predicted molar refractivity (Wildman–Crippen MR) is 113 cm³/mol. The summed E-state index contributed by atoms with van der Waals surface area (Å²) in [6.07, 6.45) is 11.0. The van der Waals surface area contributed by atoms with E-state index in [1.165, 1.54) is 32.1 Å². The van der Waals surface area contributed by atoms with E-state index >= 15 is 0 Å². The molecule has 0 aromatic carbocycles. The molecule has 6 aliphatic rings. The summed E-state index contributed by atoms with van der Waals surface area (Å²) in [5.41, 5.74) is -0.171. The molecule has 0 radical (unpaired) electrons. The van der Waals surface area contributed by atoms with Gasteiger partial charge in [-0.25, -0.2) is 0 Å². The number of carbonyl (C=O) groups is 2. The standard InChI is InChI=1S/C24H39N3O2/c1-23(2,3)26-21(28)14-27-19-4-5-20(27)10-17(9-19)13-25-22(29)24-11-15-6-16(12-24)8-18(24)7-15/h15-20H,4-14H2,1-3H3,(H,25,29)(H,26,28)/t15?,16?,17-,18?,19+,20?,24?/m0/s1. The van der Waals surface area contributed by atoms with Crippen LogP contribution in [0.1, 0.15) is 78.6 Å². The van der Waals surface area contributed by atoms with Crippen LogP contribution >= 0.6 is 0 Å². The van der Waals surface area contributed by atoms with Crippen LogP contribution in [0.2, 0.25) is 0 Å². The van der Waals surface area contributed by atoms with Crippen molar-refractivity contribution in [2.24, 2.45) is 29.1 Å². The highest BCUT2D eigenvalue weighted by Gasteiger charge is 2.61. The van der Waals surface area contributed by atoms with E-state index in [0.29, 0.717) is 36.4 Å². The third-order valence-electron chi connectivity index (χ3n) is 8.82. The van der Waals surface area contributed by atoms with Gasteiger partial charge >= 0.3 is 0 Å². The zero-order valence-corrected chi connectivity index (χ0v) is 18.5. The molecule has 6 bridgehead atoms. The van der Waals surface area contributed by atoms with E-state index < -0.39 is 0 Å². The molecule has 0 spiro atoms. The highest BCUT2D eigenvalue weighted by Crippen LogP contribution is 2.65. The lowest BCUT2D eigenvalue weighted by atomic mass is 9.75. The normalized spacial score (nSPS) is 43.0. The minimum atomic E-state index is -0.170. The van der Waals surface area contributed by atoms with E-state index in [9.17, 15) is 9.59 Å². The van der Waals surface area contributed by atoms with Crippen molar-refractivity contribution in [3.63, 3.8) is 0 Å². The van der Waals surface area contributed by atoms with Gasteiger partial charge in [-0.3, -0.25) is 14.5 Å². The smallest absolute Gasteiger partial charge is 0.234 e. The summed E-state index contributed by atoms with van der Waals surface area (Å²) in [7, 11) is 0. The number of nitrogens with one attached hydrogen (secondary N) is 2. The van der Waals surface area contributed by atoms with Gasteiger partial charge in [-0.15, -0.1) is 0 Å². The van der Waals surface area contributed by atoms with Gasteiger partial charge in [-0.2, -0.15) is 0 Å². The third-order valence-corrected chi connectivity index (χ3v) is 8.82. The summed E-state index contributed by atoms with van der Waals surface area (Å²) < 4.78 is 0. The summed E-state index contributed by atoms with van der Waals surface area (Å²) in [4.78, 5) is 28.1. The quantitative estimate of drug-likeness (QED) is 0.744. The second kappa shape index (κ2) is 6.96. The zero-order valence-electron chi connectivity index (χ0n) is 18.5. The molecule has 4 aliphatic carbocycles. The molecule has 0 aromatic heterocycles. The van der Waals surface area contributed by atoms with Crippen LogP contribution in [-0.2, 0) is 9.59 Å². The van der Waals surface area contributed by atoms with Crippen LogP contribution in [0.5, 0.6) is 0 Å². The monoisotopic (exact) mass is 401 g/mol. The van der Waals surface area contributed by atoms with Gasteiger partial charge in [0.05, 0.1) is 12.0 Å². The van der Waals surface area contributed by atoms with Crippen LogP contribution in [0.3, 0.4) is 0 Å². The van der Waals surface area contributed by atoms with E-state index in [1.807, 2.05) is 20.8 Å². The molecule has 5 nitrogen and oxygen atoms in total. The molecule has 6 rings (SSSR count). The molecule has 0 aromatic rings. The van der Waals surface area contributed by atoms with E-state index in [2.05, 4.69) is 15.5 Å². The molecular weight excluding hydrogens is 362 g/mol. The maximum absolute atomic E-state index is 13.2. The second-order valence-corrected chi connectivity index (χ2v) is 12.1. The van der Waals surface area contributed by atoms with Crippen molar-refractivity contribution in [1.82, 2.24) is 15.5 Å². The Hall–Kier alpha value is -1.10. The summed E-state index contributed by atoms with van der Waals surface area (Å²) in [6, 6.07) is 1.02. The van der Waals surface area contributed by atoms with Gasteiger partial charge < -0.3 is 10.6 Å². The van der Waals surface area contributed by atoms with Crippen LogP contribution in [0.25, 0.3) is 0 Å². The molecule has 2 saturated heterocycles. The fraction of sp³-hybridized carbons (Fsp3) is 0.917. The molecule has 2 amide bonds. The lowest BCUT2D eigenvalue weighted by Gasteiger charge is -2.39. The van der Waals surface area contributed by atoms with Crippen molar-refractivity contribution < 1.29 is 9.59 Å². The molecule has 2 aliphatic heterocycles. The average Bonchev–Trinajstić information content (AvgIpc) is 3.11. The van der Waals surface area contributed by atoms with E-state index in [1.54, 1.807) is 0 Å². The number of carbonyl (C=O) groups excluding carboxylic acids is 2. The molecule has 162 valence electrons. The molecule has 5 atom stereocenters. The number of hydrogen-bond donors (Lipinski definition) is 2. The largest absolute Gasteiger partial charge is 0.355 e. The molecule has 3 unspecified atom stereocenters. The fourth-order valence-electron chi connectivity index (χ4n) is 8.02. The predicted octanol–water partition coefficient (Wildman–Crippen LogP) is 3.09. The first-order valence-corrected chi connectivity index (χ1v) is 12.1. The Kier molecular flexibility index (Phi) is 4.76. The van der Waals surface area contributed by atoms with Crippen molar-refractivity contribution in [2.75, 3.05) is 13.1 Å². The summed E-state index contributed by atoms with van der Waals surface area (Å²) in [5.74, 6) is 3.43. The van der Waals surface area contributed by atoms with Gasteiger partial charge in [0.1, 0.15) is 0 Å². The molecule has 2 heterocycles. The highest BCUT2D eigenvalue weighted by molar-refractivity contribution is 5.84. The molecule has 29 heavy (non-hydrogen) atoms.